The molecule has 0 aliphatic rings. The predicted molar refractivity (Wildman–Crippen MR) is 89.8 cm³/mol. The molecule has 6 nitrogen and oxygen atoms in total. The zero-order valence-electron chi connectivity index (χ0n) is 13.0. The molecule has 1 atom stereocenters. The van der Waals surface area contributed by atoms with E-state index in [-0.39, 0.29) is 18.6 Å². The van der Waals surface area contributed by atoms with Gasteiger partial charge < -0.3 is 10.4 Å². The third kappa shape index (κ3) is 3.85. The highest BCUT2D eigenvalue weighted by Gasteiger charge is 2.13. The van der Waals surface area contributed by atoms with Crippen LogP contribution in [0.1, 0.15) is 15.9 Å². The molecule has 6 heteroatoms. The molecule has 122 valence electrons. The summed E-state index contributed by atoms with van der Waals surface area (Å²) in [5.41, 5.74) is 2.48. The van der Waals surface area contributed by atoms with Gasteiger partial charge in [-0.25, -0.2) is 0 Å². The molecule has 0 saturated carbocycles. The van der Waals surface area contributed by atoms with E-state index in [1.165, 1.54) is 0 Å². The Morgan fingerprint density at radius 3 is 2.33 bits per heavy atom. The fourth-order valence-corrected chi connectivity index (χ4v) is 2.45. The van der Waals surface area contributed by atoms with Crippen LogP contribution in [0.4, 0.5) is 0 Å². The SMILES string of the molecule is O=C(NC(CO)Cc1ccccc1)c1ccc(-n2cnnc2)cc1. The summed E-state index contributed by atoms with van der Waals surface area (Å²) < 4.78 is 1.76. The number of benzene rings is 2. The molecule has 0 aliphatic heterocycles. The minimum Gasteiger partial charge on any atom is -0.394 e. The van der Waals surface area contributed by atoms with Crippen LogP contribution in [0.25, 0.3) is 5.69 Å². The van der Waals surface area contributed by atoms with Crippen LogP contribution in [-0.2, 0) is 6.42 Å². The fraction of sp³-hybridized carbons (Fsp3) is 0.167. The Bertz CT molecular complexity index is 771. The van der Waals surface area contributed by atoms with Gasteiger partial charge in [0.2, 0.25) is 0 Å². The number of hydrogen-bond donors (Lipinski definition) is 2. The molecule has 1 unspecified atom stereocenters. The van der Waals surface area contributed by atoms with Crippen LogP contribution in [0, 0.1) is 0 Å². The first-order valence-electron chi connectivity index (χ1n) is 7.67. The molecule has 3 rings (SSSR count). The number of carbonyl (C=O) groups is 1. The van der Waals surface area contributed by atoms with Crippen LogP contribution in [0.5, 0.6) is 0 Å². The van der Waals surface area contributed by atoms with Crippen LogP contribution in [0.15, 0.2) is 67.3 Å². The van der Waals surface area contributed by atoms with Gasteiger partial charge in [-0.2, -0.15) is 0 Å². The number of carbonyl (C=O) groups excluding carboxylic acids is 1. The lowest BCUT2D eigenvalue weighted by Crippen LogP contribution is -2.39. The fourth-order valence-electron chi connectivity index (χ4n) is 2.45. The second-order valence-electron chi connectivity index (χ2n) is 5.46. The molecule has 2 aromatic carbocycles. The van der Waals surface area contributed by atoms with E-state index in [4.69, 9.17) is 0 Å². The van der Waals surface area contributed by atoms with Crippen molar-refractivity contribution in [2.75, 3.05) is 6.61 Å². The van der Waals surface area contributed by atoms with Gasteiger partial charge in [-0.3, -0.25) is 9.36 Å². The van der Waals surface area contributed by atoms with E-state index in [2.05, 4.69) is 15.5 Å². The largest absolute Gasteiger partial charge is 0.394 e. The van der Waals surface area contributed by atoms with Crippen LogP contribution in [0.3, 0.4) is 0 Å². The molecule has 1 aromatic heterocycles. The summed E-state index contributed by atoms with van der Waals surface area (Å²) in [5, 5.41) is 19.9. The molecule has 24 heavy (non-hydrogen) atoms. The van der Waals surface area contributed by atoms with Crippen molar-refractivity contribution in [3.05, 3.63) is 78.4 Å². The molecule has 0 aliphatic carbocycles. The van der Waals surface area contributed by atoms with E-state index in [0.29, 0.717) is 12.0 Å². The zero-order valence-corrected chi connectivity index (χ0v) is 13.0. The lowest BCUT2D eigenvalue weighted by molar-refractivity contribution is 0.0916. The van der Waals surface area contributed by atoms with Crippen molar-refractivity contribution in [2.45, 2.75) is 12.5 Å². The minimum atomic E-state index is -0.322. The monoisotopic (exact) mass is 322 g/mol. The van der Waals surface area contributed by atoms with Gasteiger partial charge >= 0.3 is 0 Å². The molecule has 0 spiro atoms. The first-order chi connectivity index (χ1) is 11.8. The average Bonchev–Trinajstić information content (AvgIpc) is 3.17. The van der Waals surface area contributed by atoms with Gasteiger partial charge in [-0.1, -0.05) is 30.3 Å². The van der Waals surface area contributed by atoms with Crippen molar-refractivity contribution in [1.82, 2.24) is 20.1 Å². The summed E-state index contributed by atoms with van der Waals surface area (Å²) in [5.74, 6) is -0.208. The summed E-state index contributed by atoms with van der Waals surface area (Å²) >= 11 is 0. The molecular formula is C18H18N4O2. The van der Waals surface area contributed by atoms with Crippen LogP contribution in [0.2, 0.25) is 0 Å². The van der Waals surface area contributed by atoms with Crippen LogP contribution < -0.4 is 5.32 Å². The van der Waals surface area contributed by atoms with Crippen molar-refractivity contribution in [3.8, 4) is 5.69 Å². The summed E-state index contributed by atoms with van der Waals surface area (Å²) in [6.07, 6.45) is 3.77. The Balaban J connectivity index is 1.65. The first-order valence-corrected chi connectivity index (χ1v) is 7.67. The second-order valence-corrected chi connectivity index (χ2v) is 5.46. The Morgan fingerprint density at radius 2 is 1.71 bits per heavy atom. The Kier molecular flexibility index (Phi) is 4.98. The maximum atomic E-state index is 12.3. The molecule has 3 aromatic rings. The number of rotatable bonds is 6. The Labute approximate surface area is 139 Å². The van der Waals surface area contributed by atoms with Gasteiger partial charge in [0, 0.05) is 11.3 Å². The van der Waals surface area contributed by atoms with E-state index in [0.717, 1.165) is 11.3 Å². The second kappa shape index (κ2) is 7.52. The topological polar surface area (TPSA) is 80.0 Å². The normalized spacial score (nSPS) is 11.9. The van der Waals surface area contributed by atoms with E-state index in [1.54, 1.807) is 29.4 Å². The van der Waals surface area contributed by atoms with Gasteiger partial charge in [-0.05, 0) is 36.2 Å². The van der Waals surface area contributed by atoms with E-state index in [1.807, 2.05) is 42.5 Å². The quantitative estimate of drug-likeness (QED) is 0.722. The summed E-state index contributed by atoms with van der Waals surface area (Å²) in [6, 6.07) is 16.6. The van der Waals surface area contributed by atoms with Gasteiger partial charge in [0.05, 0.1) is 12.6 Å². The molecule has 2 N–H and O–H groups in total. The van der Waals surface area contributed by atoms with Crippen molar-refractivity contribution < 1.29 is 9.90 Å². The minimum absolute atomic E-state index is 0.112. The first kappa shape index (κ1) is 15.9. The van der Waals surface area contributed by atoms with Gasteiger partial charge in [0.25, 0.3) is 5.91 Å². The predicted octanol–water partition coefficient (Wildman–Crippen LogP) is 1.60. The number of aliphatic hydroxyl groups is 1. The highest BCUT2D eigenvalue weighted by atomic mass is 16.3. The van der Waals surface area contributed by atoms with Crippen molar-refractivity contribution in [2.24, 2.45) is 0 Å². The number of hydrogen-bond acceptors (Lipinski definition) is 4. The van der Waals surface area contributed by atoms with E-state index >= 15 is 0 Å². The lowest BCUT2D eigenvalue weighted by Gasteiger charge is -2.16. The zero-order chi connectivity index (χ0) is 16.8. The molecular weight excluding hydrogens is 304 g/mol. The van der Waals surface area contributed by atoms with Crippen LogP contribution in [-0.4, -0.2) is 38.4 Å². The van der Waals surface area contributed by atoms with Crippen molar-refractivity contribution in [3.63, 3.8) is 0 Å². The Morgan fingerprint density at radius 1 is 1.04 bits per heavy atom. The summed E-state index contributed by atoms with van der Waals surface area (Å²) in [6.45, 7) is -0.112. The maximum Gasteiger partial charge on any atom is 0.251 e. The molecule has 0 radical (unpaired) electrons. The lowest BCUT2D eigenvalue weighted by atomic mass is 10.1. The number of amides is 1. The van der Waals surface area contributed by atoms with Crippen molar-refractivity contribution in [1.29, 1.82) is 0 Å². The molecule has 0 saturated heterocycles. The number of aliphatic hydroxyl groups excluding tert-OH is 1. The van der Waals surface area contributed by atoms with Gasteiger partial charge in [-0.15, -0.1) is 10.2 Å². The maximum absolute atomic E-state index is 12.3. The number of aromatic nitrogens is 3. The van der Waals surface area contributed by atoms with E-state index in [9.17, 15) is 9.90 Å². The standard InChI is InChI=1S/C18H18N4O2/c23-11-16(10-14-4-2-1-3-5-14)21-18(24)15-6-8-17(9-7-15)22-12-19-20-13-22/h1-9,12-13,16,23H,10-11H2,(H,21,24). The van der Waals surface area contributed by atoms with Crippen molar-refractivity contribution >= 4 is 5.91 Å². The van der Waals surface area contributed by atoms with Gasteiger partial charge in [0.1, 0.15) is 12.7 Å². The molecule has 1 amide bonds. The Hall–Kier alpha value is -2.99. The highest BCUT2D eigenvalue weighted by Crippen LogP contribution is 2.10. The smallest absolute Gasteiger partial charge is 0.251 e. The molecule has 1 heterocycles. The molecule has 0 bridgehead atoms. The van der Waals surface area contributed by atoms with E-state index < -0.39 is 0 Å². The average molecular weight is 322 g/mol. The summed E-state index contributed by atoms with van der Waals surface area (Å²) in [4.78, 5) is 12.3. The number of nitrogens with zero attached hydrogens (tertiary/aromatic N) is 3. The van der Waals surface area contributed by atoms with Gasteiger partial charge in [0.15, 0.2) is 0 Å². The number of nitrogens with one attached hydrogen (secondary N) is 1. The summed E-state index contributed by atoms with van der Waals surface area (Å²) in [7, 11) is 0. The molecule has 0 fully saturated rings. The van der Waals surface area contributed by atoms with Crippen LogP contribution >= 0.6 is 0 Å². The third-order valence-electron chi connectivity index (χ3n) is 3.73. The third-order valence-corrected chi connectivity index (χ3v) is 3.73. The highest BCUT2D eigenvalue weighted by molar-refractivity contribution is 5.94.